The summed E-state index contributed by atoms with van der Waals surface area (Å²) in [7, 11) is 0. The van der Waals surface area contributed by atoms with E-state index in [9.17, 15) is 0 Å². The first-order valence-electron chi connectivity index (χ1n) is 7.08. The van der Waals surface area contributed by atoms with E-state index in [0.717, 1.165) is 12.2 Å². The molecule has 0 radical (unpaired) electrons. The molecule has 0 amide bonds. The highest BCUT2D eigenvalue weighted by atomic mass is 35.5. The second-order valence-corrected chi connectivity index (χ2v) is 6.17. The van der Waals surface area contributed by atoms with Crippen molar-refractivity contribution in [2.75, 3.05) is 11.4 Å². The quantitative estimate of drug-likeness (QED) is 0.802. The van der Waals surface area contributed by atoms with E-state index in [2.05, 4.69) is 24.8 Å². The Morgan fingerprint density at radius 3 is 2.58 bits per heavy atom. The molecule has 0 aromatic heterocycles. The van der Waals surface area contributed by atoms with Gasteiger partial charge in [-0.25, -0.2) is 0 Å². The minimum atomic E-state index is 0.557. The van der Waals surface area contributed by atoms with Crippen LogP contribution < -0.4 is 4.90 Å². The van der Waals surface area contributed by atoms with Gasteiger partial charge in [0.1, 0.15) is 6.07 Å². The van der Waals surface area contributed by atoms with Crippen LogP contribution in [0.4, 0.5) is 5.69 Å². The number of benzene rings is 1. The number of rotatable bonds is 4. The number of anilines is 1. The van der Waals surface area contributed by atoms with Gasteiger partial charge in [0.15, 0.2) is 0 Å². The molecule has 0 spiro atoms. The minimum absolute atomic E-state index is 0.557. The van der Waals surface area contributed by atoms with Gasteiger partial charge in [0.25, 0.3) is 0 Å². The van der Waals surface area contributed by atoms with E-state index in [1.165, 1.54) is 25.7 Å². The van der Waals surface area contributed by atoms with Gasteiger partial charge in [-0.05, 0) is 37.0 Å². The maximum Gasteiger partial charge on any atom is 0.101 e. The number of nitrogens with zero attached hydrogens (tertiary/aromatic N) is 2. The van der Waals surface area contributed by atoms with Gasteiger partial charge in [0.05, 0.1) is 10.6 Å². The third-order valence-corrected chi connectivity index (χ3v) is 4.04. The second-order valence-electron chi connectivity index (χ2n) is 5.76. The van der Waals surface area contributed by atoms with Crippen molar-refractivity contribution in [2.45, 2.75) is 45.6 Å². The first-order valence-corrected chi connectivity index (χ1v) is 7.46. The van der Waals surface area contributed by atoms with Gasteiger partial charge in [-0.1, -0.05) is 38.3 Å². The molecule has 0 heterocycles. The summed E-state index contributed by atoms with van der Waals surface area (Å²) in [6.07, 6.45) is 5.18. The molecule has 2 nitrogen and oxygen atoms in total. The summed E-state index contributed by atoms with van der Waals surface area (Å²) in [6, 6.07) is 8.56. The normalized spacial score (nSPS) is 15.7. The summed E-state index contributed by atoms with van der Waals surface area (Å²) in [6.45, 7) is 5.54. The predicted molar refractivity (Wildman–Crippen MR) is 80.6 cm³/mol. The van der Waals surface area contributed by atoms with Crippen LogP contribution in [0.25, 0.3) is 0 Å². The molecule has 1 saturated carbocycles. The molecule has 1 aromatic rings. The van der Waals surface area contributed by atoms with Gasteiger partial charge in [0, 0.05) is 18.3 Å². The lowest BCUT2D eigenvalue weighted by Gasteiger charge is -2.33. The molecule has 0 saturated heterocycles. The molecule has 1 aliphatic rings. The van der Waals surface area contributed by atoms with Crippen LogP contribution in [0, 0.1) is 17.2 Å². The van der Waals surface area contributed by atoms with E-state index >= 15 is 0 Å². The second kappa shape index (κ2) is 6.30. The Labute approximate surface area is 121 Å². The van der Waals surface area contributed by atoms with Gasteiger partial charge in [-0.3, -0.25) is 0 Å². The Hall–Kier alpha value is -1.20. The lowest BCUT2D eigenvalue weighted by Crippen LogP contribution is -2.36. The highest BCUT2D eigenvalue weighted by Crippen LogP contribution is 2.31. The Bertz CT molecular complexity index is 470. The molecule has 1 aliphatic carbocycles. The van der Waals surface area contributed by atoms with Crippen molar-refractivity contribution in [2.24, 2.45) is 5.92 Å². The van der Waals surface area contributed by atoms with Crippen LogP contribution in [0.2, 0.25) is 5.02 Å². The van der Waals surface area contributed by atoms with Gasteiger partial charge < -0.3 is 4.90 Å². The lowest BCUT2D eigenvalue weighted by molar-refractivity contribution is 0.536. The van der Waals surface area contributed by atoms with E-state index in [1.54, 1.807) is 0 Å². The average molecular weight is 277 g/mol. The fourth-order valence-corrected chi connectivity index (χ4v) is 3.07. The molecular weight excluding hydrogens is 256 g/mol. The molecule has 3 heteroatoms. The van der Waals surface area contributed by atoms with Gasteiger partial charge >= 0.3 is 0 Å². The van der Waals surface area contributed by atoms with Crippen molar-refractivity contribution in [3.8, 4) is 6.07 Å². The Balaban J connectivity index is 2.26. The summed E-state index contributed by atoms with van der Waals surface area (Å²) in [5, 5.41) is 9.52. The summed E-state index contributed by atoms with van der Waals surface area (Å²) in [4.78, 5) is 2.48. The Morgan fingerprint density at radius 1 is 1.37 bits per heavy atom. The molecule has 0 unspecified atom stereocenters. The largest absolute Gasteiger partial charge is 0.368 e. The Morgan fingerprint density at radius 2 is 2.05 bits per heavy atom. The third kappa shape index (κ3) is 3.42. The SMILES string of the molecule is CC(C)CN(c1ccc(C#N)c(Cl)c1)C1CCCC1. The summed E-state index contributed by atoms with van der Waals surface area (Å²) >= 11 is 6.17. The number of nitriles is 1. The van der Waals surface area contributed by atoms with Crippen molar-refractivity contribution >= 4 is 17.3 Å². The minimum Gasteiger partial charge on any atom is -0.368 e. The fourth-order valence-electron chi connectivity index (χ4n) is 2.85. The topological polar surface area (TPSA) is 27.0 Å². The summed E-state index contributed by atoms with van der Waals surface area (Å²) in [5.41, 5.74) is 1.71. The standard InChI is InChI=1S/C16H21ClN2/c1-12(2)11-19(14-5-3-4-6-14)15-8-7-13(10-18)16(17)9-15/h7-9,12,14H,3-6,11H2,1-2H3. The van der Waals surface area contributed by atoms with Crippen molar-refractivity contribution in [3.63, 3.8) is 0 Å². The van der Waals surface area contributed by atoms with Crippen LogP contribution >= 0.6 is 11.6 Å². The highest BCUT2D eigenvalue weighted by molar-refractivity contribution is 6.32. The van der Waals surface area contributed by atoms with Crippen LogP contribution in [0.3, 0.4) is 0 Å². The van der Waals surface area contributed by atoms with E-state index in [0.29, 0.717) is 22.5 Å². The van der Waals surface area contributed by atoms with Crippen molar-refractivity contribution in [1.29, 1.82) is 5.26 Å². The van der Waals surface area contributed by atoms with Crippen LogP contribution in [0.5, 0.6) is 0 Å². The maximum atomic E-state index is 8.96. The molecule has 102 valence electrons. The predicted octanol–water partition coefficient (Wildman–Crippen LogP) is 4.62. The smallest absolute Gasteiger partial charge is 0.101 e. The molecular formula is C16H21ClN2. The fraction of sp³-hybridized carbons (Fsp3) is 0.562. The monoisotopic (exact) mass is 276 g/mol. The van der Waals surface area contributed by atoms with Crippen molar-refractivity contribution < 1.29 is 0 Å². The summed E-state index contributed by atoms with van der Waals surface area (Å²) < 4.78 is 0. The zero-order chi connectivity index (χ0) is 13.8. The van der Waals surface area contributed by atoms with E-state index < -0.39 is 0 Å². The molecule has 1 aromatic carbocycles. The average Bonchev–Trinajstić information content (AvgIpc) is 2.89. The molecule has 0 atom stereocenters. The zero-order valence-electron chi connectivity index (χ0n) is 11.7. The molecule has 1 fully saturated rings. The Kier molecular flexibility index (Phi) is 4.71. The van der Waals surface area contributed by atoms with Crippen molar-refractivity contribution in [3.05, 3.63) is 28.8 Å². The van der Waals surface area contributed by atoms with Crippen LogP contribution in [-0.2, 0) is 0 Å². The first-order chi connectivity index (χ1) is 9.11. The van der Waals surface area contributed by atoms with E-state index in [-0.39, 0.29) is 0 Å². The van der Waals surface area contributed by atoms with Gasteiger partial charge in [-0.15, -0.1) is 0 Å². The van der Waals surface area contributed by atoms with Crippen LogP contribution in [0.15, 0.2) is 18.2 Å². The highest BCUT2D eigenvalue weighted by Gasteiger charge is 2.23. The van der Waals surface area contributed by atoms with Gasteiger partial charge in [0.2, 0.25) is 0 Å². The molecule has 19 heavy (non-hydrogen) atoms. The zero-order valence-corrected chi connectivity index (χ0v) is 12.5. The van der Waals surface area contributed by atoms with Gasteiger partial charge in [-0.2, -0.15) is 5.26 Å². The third-order valence-electron chi connectivity index (χ3n) is 3.73. The maximum absolute atomic E-state index is 8.96. The number of hydrogen-bond acceptors (Lipinski definition) is 2. The van der Waals surface area contributed by atoms with Crippen LogP contribution in [0.1, 0.15) is 45.1 Å². The molecule has 2 rings (SSSR count). The van der Waals surface area contributed by atoms with E-state index in [1.807, 2.05) is 18.2 Å². The number of halogens is 1. The van der Waals surface area contributed by atoms with E-state index in [4.69, 9.17) is 16.9 Å². The molecule has 0 aliphatic heterocycles. The summed E-state index contributed by atoms with van der Waals surface area (Å²) in [5.74, 6) is 0.620. The molecule has 0 N–H and O–H groups in total. The van der Waals surface area contributed by atoms with Crippen molar-refractivity contribution in [1.82, 2.24) is 0 Å². The van der Waals surface area contributed by atoms with Crippen LogP contribution in [-0.4, -0.2) is 12.6 Å². The lowest BCUT2D eigenvalue weighted by atomic mass is 10.1. The number of hydrogen-bond donors (Lipinski definition) is 0. The first kappa shape index (κ1) is 14.2. The molecule has 0 bridgehead atoms.